The van der Waals surface area contributed by atoms with E-state index < -0.39 is 0 Å². The molecular weight excluding hydrogens is 284 g/mol. The molecule has 1 N–H and O–H groups in total. The minimum absolute atomic E-state index is 0.0182. The van der Waals surface area contributed by atoms with E-state index >= 15 is 0 Å². The van der Waals surface area contributed by atoms with Crippen molar-refractivity contribution in [3.63, 3.8) is 0 Å². The van der Waals surface area contributed by atoms with E-state index in [4.69, 9.17) is 0 Å². The molecule has 1 aliphatic heterocycles. The molecule has 0 saturated carbocycles. The maximum absolute atomic E-state index is 12.5. The smallest absolute Gasteiger partial charge is 0.255 e. The summed E-state index contributed by atoms with van der Waals surface area (Å²) in [5.41, 5.74) is 2.33. The monoisotopic (exact) mass is 302 g/mol. The van der Waals surface area contributed by atoms with Gasteiger partial charge in [0.2, 0.25) is 0 Å². The number of carbonyl (C=O) groups excluding carboxylic acids is 1. The van der Waals surface area contributed by atoms with Crippen LogP contribution in [0.3, 0.4) is 0 Å². The molecule has 110 valence electrons. The molecule has 0 aromatic carbocycles. The van der Waals surface area contributed by atoms with Crippen LogP contribution in [-0.4, -0.2) is 40.1 Å². The summed E-state index contributed by atoms with van der Waals surface area (Å²) in [6.45, 7) is 3.11. The number of nitrogens with zero attached hydrogens (tertiary/aromatic N) is 2. The zero-order valence-electron chi connectivity index (χ0n) is 12.0. The van der Waals surface area contributed by atoms with Crippen LogP contribution in [0.4, 0.5) is 0 Å². The number of aryl methyl sites for hydroxylation is 1. The first kappa shape index (κ1) is 14.2. The molecule has 0 spiro atoms. The van der Waals surface area contributed by atoms with Gasteiger partial charge in [0.15, 0.2) is 0 Å². The molecule has 3 heterocycles. The normalized spacial score (nSPS) is 16.2. The second-order valence-corrected chi connectivity index (χ2v) is 6.28. The molecule has 21 heavy (non-hydrogen) atoms. The zero-order valence-corrected chi connectivity index (χ0v) is 12.8. The molecule has 2 aromatic rings. The van der Waals surface area contributed by atoms with Gasteiger partial charge >= 0.3 is 0 Å². The Hall–Kier alpha value is -1.72. The van der Waals surface area contributed by atoms with Gasteiger partial charge in [-0.1, -0.05) is 6.07 Å². The molecule has 1 amide bonds. The van der Waals surface area contributed by atoms with Gasteiger partial charge in [-0.05, 0) is 43.3 Å². The first-order valence-electron chi connectivity index (χ1n) is 7.14. The summed E-state index contributed by atoms with van der Waals surface area (Å²) in [7, 11) is 0. The van der Waals surface area contributed by atoms with Crippen LogP contribution in [0.2, 0.25) is 0 Å². The highest BCUT2D eigenvalue weighted by atomic mass is 32.1. The van der Waals surface area contributed by atoms with Gasteiger partial charge < -0.3 is 10.0 Å². The second kappa shape index (κ2) is 5.95. The summed E-state index contributed by atoms with van der Waals surface area (Å²) < 4.78 is 0. The van der Waals surface area contributed by atoms with E-state index in [-0.39, 0.29) is 12.0 Å². The maximum Gasteiger partial charge on any atom is 0.255 e. The van der Waals surface area contributed by atoms with Gasteiger partial charge in [0.25, 0.3) is 5.91 Å². The van der Waals surface area contributed by atoms with Crippen LogP contribution in [0, 0.1) is 6.92 Å². The van der Waals surface area contributed by atoms with E-state index in [1.807, 2.05) is 41.5 Å². The standard InChI is InChI=1S/C16H18N2O2S/c1-11-13(16(20)18-8-6-12(19)7-9-18)4-5-14(17-11)15-3-2-10-21-15/h2-5,10,12,19H,6-9H2,1H3. The number of amides is 1. The van der Waals surface area contributed by atoms with Crippen LogP contribution in [0.15, 0.2) is 29.6 Å². The SMILES string of the molecule is Cc1nc(-c2cccs2)ccc1C(=O)N1CCC(O)CC1. The lowest BCUT2D eigenvalue weighted by molar-refractivity contribution is 0.0545. The van der Waals surface area contributed by atoms with Crippen molar-refractivity contribution >= 4 is 17.2 Å². The molecule has 0 bridgehead atoms. The highest BCUT2D eigenvalue weighted by molar-refractivity contribution is 7.13. The van der Waals surface area contributed by atoms with Crippen molar-refractivity contribution in [2.45, 2.75) is 25.9 Å². The molecule has 1 saturated heterocycles. The van der Waals surface area contributed by atoms with Crippen LogP contribution in [0.25, 0.3) is 10.6 Å². The van der Waals surface area contributed by atoms with Crippen molar-refractivity contribution < 1.29 is 9.90 Å². The van der Waals surface area contributed by atoms with Crippen LogP contribution >= 0.6 is 11.3 Å². The van der Waals surface area contributed by atoms with Crippen molar-refractivity contribution in [1.82, 2.24) is 9.88 Å². The molecule has 1 aliphatic rings. The van der Waals surface area contributed by atoms with Gasteiger partial charge in [0.1, 0.15) is 0 Å². The minimum atomic E-state index is -0.269. The second-order valence-electron chi connectivity index (χ2n) is 5.33. The van der Waals surface area contributed by atoms with E-state index in [9.17, 15) is 9.90 Å². The minimum Gasteiger partial charge on any atom is -0.393 e. The van der Waals surface area contributed by atoms with Crippen LogP contribution < -0.4 is 0 Å². The molecule has 1 fully saturated rings. The largest absolute Gasteiger partial charge is 0.393 e. The number of piperidine rings is 1. The maximum atomic E-state index is 12.5. The third-order valence-corrected chi connectivity index (χ3v) is 4.73. The fraction of sp³-hybridized carbons (Fsp3) is 0.375. The van der Waals surface area contributed by atoms with E-state index in [0.29, 0.717) is 31.5 Å². The first-order chi connectivity index (χ1) is 10.1. The van der Waals surface area contributed by atoms with Crippen molar-refractivity contribution in [2.75, 3.05) is 13.1 Å². The molecule has 4 nitrogen and oxygen atoms in total. The molecule has 0 unspecified atom stereocenters. The number of aliphatic hydroxyl groups is 1. The van der Waals surface area contributed by atoms with Gasteiger partial charge in [-0.25, -0.2) is 0 Å². The Morgan fingerprint density at radius 2 is 2.10 bits per heavy atom. The summed E-state index contributed by atoms with van der Waals surface area (Å²) in [6, 6.07) is 7.80. The highest BCUT2D eigenvalue weighted by Gasteiger charge is 2.23. The number of hydrogen-bond donors (Lipinski definition) is 1. The van der Waals surface area contributed by atoms with Gasteiger partial charge in [-0.15, -0.1) is 11.3 Å². The molecular formula is C16H18N2O2S. The van der Waals surface area contributed by atoms with E-state index in [0.717, 1.165) is 16.3 Å². The lowest BCUT2D eigenvalue weighted by Crippen LogP contribution is -2.40. The summed E-state index contributed by atoms with van der Waals surface area (Å²) in [5, 5.41) is 11.5. The number of hydrogen-bond acceptors (Lipinski definition) is 4. The van der Waals surface area contributed by atoms with E-state index in [1.54, 1.807) is 11.3 Å². The van der Waals surface area contributed by atoms with Gasteiger partial charge in [0, 0.05) is 13.1 Å². The number of pyridine rings is 1. The van der Waals surface area contributed by atoms with Crippen molar-refractivity contribution in [1.29, 1.82) is 0 Å². The Bertz CT molecular complexity index is 632. The Labute approximate surface area is 128 Å². The summed E-state index contributed by atoms with van der Waals surface area (Å²) >= 11 is 1.64. The number of aromatic nitrogens is 1. The average Bonchev–Trinajstić information content (AvgIpc) is 3.01. The van der Waals surface area contributed by atoms with Gasteiger partial charge in [0.05, 0.1) is 27.9 Å². The molecule has 2 aromatic heterocycles. The zero-order chi connectivity index (χ0) is 14.8. The van der Waals surface area contributed by atoms with Crippen molar-refractivity contribution in [3.05, 3.63) is 40.9 Å². The Kier molecular flexibility index (Phi) is 4.03. The van der Waals surface area contributed by atoms with Crippen LogP contribution in [0.1, 0.15) is 28.9 Å². The molecule has 0 radical (unpaired) electrons. The number of rotatable bonds is 2. The highest BCUT2D eigenvalue weighted by Crippen LogP contribution is 2.24. The van der Waals surface area contributed by atoms with Crippen molar-refractivity contribution in [2.24, 2.45) is 0 Å². The lowest BCUT2D eigenvalue weighted by atomic mass is 10.1. The van der Waals surface area contributed by atoms with Crippen LogP contribution in [0.5, 0.6) is 0 Å². The van der Waals surface area contributed by atoms with Gasteiger partial charge in [-0.2, -0.15) is 0 Å². The topological polar surface area (TPSA) is 53.4 Å². The Morgan fingerprint density at radius 1 is 1.33 bits per heavy atom. The molecule has 3 rings (SSSR count). The number of thiophene rings is 1. The fourth-order valence-corrected chi connectivity index (χ4v) is 3.28. The number of carbonyl (C=O) groups is 1. The molecule has 5 heteroatoms. The first-order valence-corrected chi connectivity index (χ1v) is 8.02. The predicted octanol–water partition coefficient (Wildman–Crippen LogP) is 2.72. The summed E-state index contributed by atoms with van der Waals surface area (Å²) in [6.07, 6.45) is 1.05. The van der Waals surface area contributed by atoms with E-state index in [2.05, 4.69) is 4.98 Å². The lowest BCUT2D eigenvalue weighted by Gasteiger charge is -2.30. The summed E-state index contributed by atoms with van der Waals surface area (Å²) in [4.78, 5) is 20.0. The third-order valence-electron chi connectivity index (χ3n) is 3.84. The van der Waals surface area contributed by atoms with Crippen molar-refractivity contribution in [3.8, 4) is 10.6 Å². The van der Waals surface area contributed by atoms with E-state index in [1.165, 1.54) is 0 Å². The number of likely N-dealkylation sites (tertiary alicyclic amines) is 1. The third kappa shape index (κ3) is 2.99. The Balaban J connectivity index is 1.81. The Morgan fingerprint density at radius 3 is 2.71 bits per heavy atom. The quantitative estimate of drug-likeness (QED) is 0.928. The molecule has 0 aliphatic carbocycles. The predicted molar refractivity (Wildman–Crippen MR) is 83.4 cm³/mol. The fourth-order valence-electron chi connectivity index (χ4n) is 2.59. The van der Waals surface area contributed by atoms with Gasteiger partial charge in [-0.3, -0.25) is 9.78 Å². The average molecular weight is 302 g/mol. The molecule has 0 atom stereocenters. The number of aliphatic hydroxyl groups excluding tert-OH is 1. The summed E-state index contributed by atoms with van der Waals surface area (Å²) in [5.74, 6) is 0.0182. The van der Waals surface area contributed by atoms with Crippen LogP contribution in [-0.2, 0) is 0 Å².